The molecule has 98 valence electrons. The number of rotatable bonds is 9. The van der Waals surface area contributed by atoms with Crippen molar-refractivity contribution >= 4 is 22.2 Å². The summed E-state index contributed by atoms with van der Waals surface area (Å²) in [6.07, 6.45) is 2.59. The molecule has 16 heavy (non-hydrogen) atoms. The maximum absolute atomic E-state index is 5.83. The highest BCUT2D eigenvalue weighted by atomic mass is 32.1. The van der Waals surface area contributed by atoms with Gasteiger partial charge in [0.2, 0.25) is 0 Å². The van der Waals surface area contributed by atoms with Crippen molar-refractivity contribution in [2.75, 3.05) is 5.75 Å². The van der Waals surface area contributed by atoms with Gasteiger partial charge < -0.3 is 13.3 Å². The van der Waals surface area contributed by atoms with E-state index in [-0.39, 0.29) is 18.3 Å². The zero-order valence-corrected chi connectivity index (χ0v) is 13.2. The highest BCUT2D eigenvalue weighted by Crippen LogP contribution is 2.09. The Morgan fingerprint density at radius 2 is 1.44 bits per heavy atom. The third kappa shape index (κ3) is 9.66. The van der Waals surface area contributed by atoms with Gasteiger partial charge in [0.15, 0.2) is 0 Å². The van der Waals surface area contributed by atoms with Crippen molar-refractivity contribution in [1.82, 2.24) is 0 Å². The molecule has 0 aliphatic heterocycles. The molecule has 0 rings (SSSR count). The van der Waals surface area contributed by atoms with Gasteiger partial charge >= 0.3 is 9.53 Å². The van der Waals surface area contributed by atoms with Crippen LogP contribution in [0, 0.1) is 0 Å². The summed E-state index contributed by atoms with van der Waals surface area (Å²) in [6, 6.07) is 0. The van der Waals surface area contributed by atoms with Crippen LogP contribution in [0.5, 0.6) is 0 Å². The molecule has 5 heteroatoms. The van der Waals surface area contributed by atoms with Gasteiger partial charge in [0.25, 0.3) is 0 Å². The summed E-state index contributed by atoms with van der Waals surface area (Å²) in [5, 5.41) is 0. The Hall–Kier alpha value is 0.447. The molecular formula is C11H26O3SSi. The molecule has 0 N–H and O–H groups in total. The summed E-state index contributed by atoms with van der Waals surface area (Å²) >= 11 is 4.19. The van der Waals surface area contributed by atoms with E-state index in [2.05, 4.69) is 19.6 Å². The first kappa shape index (κ1) is 16.4. The maximum atomic E-state index is 5.83. The lowest BCUT2D eigenvalue weighted by atomic mass is 10.2. The molecule has 0 saturated heterocycles. The lowest BCUT2D eigenvalue weighted by Crippen LogP contribution is -2.35. The monoisotopic (exact) mass is 266 g/mol. The summed E-state index contributed by atoms with van der Waals surface area (Å²) < 4.78 is 17.2. The molecule has 0 amide bonds. The first-order chi connectivity index (χ1) is 7.45. The van der Waals surface area contributed by atoms with E-state index in [1.807, 2.05) is 27.7 Å². The van der Waals surface area contributed by atoms with Crippen LogP contribution in [-0.4, -0.2) is 33.6 Å². The molecule has 0 fully saturated rings. The predicted molar refractivity (Wildman–Crippen MR) is 73.2 cm³/mol. The smallest absolute Gasteiger partial charge is 0.373 e. The van der Waals surface area contributed by atoms with Gasteiger partial charge in [-0.3, -0.25) is 0 Å². The SMILES string of the molecule is CC(C)O[SiH](OC(C)C)OC(C)CCCS. The summed E-state index contributed by atoms with van der Waals surface area (Å²) in [7, 11) is -1.97. The summed E-state index contributed by atoms with van der Waals surface area (Å²) in [5.41, 5.74) is 0. The highest BCUT2D eigenvalue weighted by Gasteiger charge is 2.21. The Morgan fingerprint density at radius 3 is 1.81 bits per heavy atom. The van der Waals surface area contributed by atoms with Crippen LogP contribution in [-0.2, 0) is 13.3 Å². The Labute approximate surface area is 107 Å². The lowest BCUT2D eigenvalue weighted by Gasteiger charge is -2.24. The molecule has 0 aromatic carbocycles. The highest BCUT2D eigenvalue weighted by molar-refractivity contribution is 7.80. The van der Waals surface area contributed by atoms with Crippen LogP contribution < -0.4 is 0 Å². The van der Waals surface area contributed by atoms with Gasteiger partial charge in [-0.25, -0.2) is 0 Å². The Kier molecular flexibility index (Phi) is 9.74. The van der Waals surface area contributed by atoms with Gasteiger partial charge in [0.05, 0.1) is 0 Å². The first-order valence-corrected chi connectivity index (χ1v) is 8.07. The zero-order valence-electron chi connectivity index (χ0n) is 11.1. The van der Waals surface area contributed by atoms with E-state index in [9.17, 15) is 0 Å². The summed E-state index contributed by atoms with van der Waals surface area (Å²) in [4.78, 5) is 0. The van der Waals surface area contributed by atoms with Crippen LogP contribution >= 0.6 is 12.6 Å². The molecule has 0 saturated carbocycles. The predicted octanol–water partition coefficient (Wildman–Crippen LogP) is 2.67. The van der Waals surface area contributed by atoms with Gasteiger partial charge in [0.1, 0.15) is 0 Å². The standard InChI is InChI=1S/C11H26O3SSi/c1-9(2)12-16(13-10(3)4)14-11(5)7-6-8-15/h9-11,15-16H,6-8H2,1-5H3. The minimum absolute atomic E-state index is 0.160. The molecule has 3 nitrogen and oxygen atoms in total. The fourth-order valence-corrected chi connectivity index (χ4v) is 2.96. The second-order valence-corrected chi connectivity index (χ2v) is 6.31. The molecule has 0 heterocycles. The van der Waals surface area contributed by atoms with Crippen LogP contribution in [0.2, 0.25) is 0 Å². The number of hydrogen-bond donors (Lipinski definition) is 1. The third-order valence-corrected chi connectivity index (χ3v) is 4.41. The molecule has 0 aliphatic carbocycles. The van der Waals surface area contributed by atoms with E-state index in [1.54, 1.807) is 0 Å². The van der Waals surface area contributed by atoms with Crippen LogP contribution in [0.3, 0.4) is 0 Å². The van der Waals surface area contributed by atoms with E-state index in [1.165, 1.54) is 0 Å². The van der Waals surface area contributed by atoms with Crippen molar-refractivity contribution in [3.8, 4) is 0 Å². The van der Waals surface area contributed by atoms with Crippen molar-refractivity contribution in [2.45, 2.75) is 65.8 Å². The van der Waals surface area contributed by atoms with Gasteiger partial charge in [-0.2, -0.15) is 12.6 Å². The van der Waals surface area contributed by atoms with Gasteiger partial charge in [-0.1, -0.05) is 0 Å². The molecular weight excluding hydrogens is 240 g/mol. The van der Waals surface area contributed by atoms with Crippen LogP contribution in [0.4, 0.5) is 0 Å². The number of hydrogen-bond acceptors (Lipinski definition) is 4. The van der Waals surface area contributed by atoms with E-state index < -0.39 is 9.53 Å². The average molecular weight is 266 g/mol. The van der Waals surface area contributed by atoms with Gasteiger partial charge in [-0.05, 0) is 53.2 Å². The molecule has 0 aliphatic rings. The van der Waals surface area contributed by atoms with Crippen LogP contribution in [0.25, 0.3) is 0 Å². The normalized spacial score (nSPS) is 14.1. The molecule has 0 bridgehead atoms. The topological polar surface area (TPSA) is 27.7 Å². The molecule has 0 aromatic heterocycles. The van der Waals surface area contributed by atoms with E-state index in [0.29, 0.717) is 0 Å². The Morgan fingerprint density at radius 1 is 0.938 bits per heavy atom. The van der Waals surface area contributed by atoms with Crippen molar-refractivity contribution in [1.29, 1.82) is 0 Å². The maximum Gasteiger partial charge on any atom is 0.484 e. The third-order valence-electron chi connectivity index (χ3n) is 1.88. The lowest BCUT2D eigenvalue weighted by molar-refractivity contribution is 0.0268. The fraction of sp³-hybridized carbons (Fsp3) is 1.00. The second kappa shape index (κ2) is 9.47. The van der Waals surface area contributed by atoms with Crippen LogP contribution in [0.1, 0.15) is 47.5 Å². The first-order valence-electron chi connectivity index (χ1n) is 6.03. The fourth-order valence-electron chi connectivity index (χ4n) is 1.18. The van der Waals surface area contributed by atoms with Crippen molar-refractivity contribution in [3.05, 3.63) is 0 Å². The quantitative estimate of drug-likeness (QED) is 0.513. The molecule has 0 aromatic rings. The molecule has 1 unspecified atom stereocenters. The van der Waals surface area contributed by atoms with Crippen LogP contribution in [0.15, 0.2) is 0 Å². The summed E-state index contributed by atoms with van der Waals surface area (Å²) in [5.74, 6) is 0.899. The minimum atomic E-state index is -1.97. The zero-order chi connectivity index (χ0) is 12.6. The largest absolute Gasteiger partial charge is 0.484 e. The second-order valence-electron chi connectivity index (χ2n) is 4.47. The van der Waals surface area contributed by atoms with Gasteiger partial charge in [-0.15, -0.1) is 0 Å². The average Bonchev–Trinajstić information content (AvgIpc) is 2.12. The van der Waals surface area contributed by atoms with Crippen molar-refractivity contribution < 1.29 is 13.3 Å². The number of thiol groups is 1. The van der Waals surface area contributed by atoms with Crippen molar-refractivity contribution in [2.24, 2.45) is 0 Å². The van der Waals surface area contributed by atoms with Gasteiger partial charge in [0, 0.05) is 18.3 Å². The van der Waals surface area contributed by atoms with E-state index in [0.717, 1.165) is 18.6 Å². The molecule has 1 atom stereocenters. The minimum Gasteiger partial charge on any atom is -0.373 e. The van der Waals surface area contributed by atoms with Crippen molar-refractivity contribution in [3.63, 3.8) is 0 Å². The Bertz CT molecular complexity index is 157. The molecule has 0 spiro atoms. The van der Waals surface area contributed by atoms with E-state index >= 15 is 0 Å². The summed E-state index contributed by atoms with van der Waals surface area (Å²) in [6.45, 7) is 10.1. The Balaban J connectivity index is 3.98. The molecule has 0 radical (unpaired) electrons. The van der Waals surface area contributed by atoms with E-state index in [4.69, 9.17) is 13.3 Å².